The molecule has 1 aromatic heterocycles. The Hall–Kier alpha value is -1.74. The molecule has 0 bridgehead atoms. The summed E-state index contributed by atoms with van der Waals surface area (Å²) < 4.78 is 13.7. The molecule has 0 saturated carbocycles. The number of benzene rings is 1. The Balaban J connectivity index is 1.81. The van der Waals surface area contributed by atoms with E-state index in [1.165, 1.54) is 23.4 Å². The summed E-state index contributed by atoms with van der Waals surface area (Å²) in [7, 11) is 0. The highest BCUT2D eigenvalue weighted by Crippen LogP contribution is 2.37. The molecule has 20 heavy (non-hydrogen) atoms. The molecule has 1 aliphatic rings. The zero-order valence-electron chi connectivity index (χ0n) is 11.3. The summed E-state index contributed by atoms with van der Waals surface area (Å²) >= 11 is 0. The van der Waals surface area contributed by atoms with E-state index in [4.69, 9.17) is 0 Å². The van der Waals surface area contributed by atoms with Crippen molar-refractivity contribution in [2.75, 3.05) is 0 Å². The van der Waals surface area contributed by atoms with Crippen molar-refractivity contribution in [3.05, 3.63) is 65.2 Å². The van der Waals surface area contributed by atoms with Gasteiger partial charge in [0.05, 0.1) is 6.10 Å². The van der Waals surface area contributed by atoms with Crippen LogP contribution < -0.4 is 0 Å². The van der Waals surface area contributed by atoms with Crippen molar-refractivity contribution in [2.24, 2.45) is 0 Å². The van der Waals surface area contributed by atoms with Gasteiger partial charge in [-0.25, -0.2) is 4.39 Å². The van der Waals surface area contributed by atoms with Gasteiger partial charge in [-0.2, -0.15) is 0 Å². The Kier molecular flexibility index (Phi) is 3.79. The number of aromatic nitrogens is 1. The fraction of sp³-hybridized carbons (Fsp3) is 0.353. The normalized spacial score (nSPS) is 19.4. The minimum atomic E-state index is -0.840. The van der Waals surface area contributed by atoms with Crippen molar-refractivity contribution in [3.8, 4) is 0 Å². The van der Waals surface area contributed by atoms with Gasteiger partial charge in [-0.15, -0.1) is 0 Å². The minimum absolute atomic E-state index is 0.163. The van der Waals surface area contributed by atoms with Gasteiger partial charge in [-0.05, 0) is 54.9 Å². The molecule has 104 valence electrons. The van der Waals surface area contributed by atoms with Crippen molar-refractivity contribution in [3.63, 3.8) is 0 Å². The summed E-state index contributed by atoms with van der Waals surface area (Å²) in [4.78, 5) is 3.97. The molecule has 0 aliphatic heterocycles. The van der Waals surface area contributed by atoms with Crippen LogP contribution in [0.2, 0.25) is 0 Å². The largest absolute Gasteiger partial charge is 0.387 e. The second-order valence-corrected chi connectivity index (χ2v) is 5.41. The zero-order chi connectivity index (χ0) is 13.9. The van der Waals surface area contributed by atoms with Crippen molar-refractivity contribution in [1.82, 2.24) is 4.98 Å². The van der Waals surface area contributed by atoms with E-state index in [-0.39, 0.29) is 11.6 Å². The molecule has 2 aromatic rings. The molecule has 1 aliphatic carbocycles. The molecule has 1 heterocycles. The number of hydrogen-bond donors (Lipinski definition) is 1. The van der Waals surface area contributed by atoms with E-state index >= 15 is 0 Å². The first kappa shape index (κ1) is 13.3. The molecule has 0 spiro atoms. The minimum Gasteiger partial charge on any atom is -0.387 e. The van der Waals surface area contributed by atoms with Crippen LogP contribution >= 0.6 is 0 Å². The number of nitrogens with zero attached hydrogens (tertiary/aromatic N) is 1. The van der Waals surface area contributed by atoms with Gasteiger partial charge in [0.25, 0.3) is 0 Å². The summed E-state index contributed by atoms with van der Waals surface area (Å²) in [5.41, 5.74) is 2.82. The molecule has 1 N–H and O–H groups in total. The zero-order valence-corrected chi connectivity index (χ0v) is 11.3. The van der Waals surface area contributed by atoms with Crippen LogP contribution in [0.1, 0.15) is 48.1 Å². The third kappa shape index (κ3) is 2.59. The van der Waals surface area contributed by atoms with Crippen molar-refractivity contribution in [1.29, 1.82) is 0 Å². The summed E-state index contributed by atoms with van der Waals surface area (Å²) in [6, 6.07) is 11.2. The van der Waals surface area contributed by atoms with Crippen molar-refractivity contribution >= 4 is 0 Å². The number of aliphatic hydroxyl groups excluding tert-OH is 1. The van der Waals surface area contributed by atoms with E-state index in [2.05, 4.69) is 23.2 Å². The third-order valence-corrected chi connectivity index (χ3v) is 4.10. The molecule has 3 rings (SSSR count). The molecular formula is C17H18FNO. The average Bonchev–Trinajstić information content (AvgIpc) is 2.48. The average molecular weight is 271 g/mol. The molecule has 2 atom stereocenters. The van der Waals surface area contributed by atoms with E-state index in [0.29, 0.717) is 6.42 Å². The number of fused-ring (bicyclic) bond motifs is 1. The van der Waals surface area contributed by atoms with Crippen LogP contribution in [0.25, 0.3) is 0 Å². The van der Waals surface area contributed by atoms with Crippen LogP contribution in [0, 0.1) is 5.82 Å². The lowest BCUT2D eigenvalue weighted by molar-refractivity contribution is 0.145. The van der Waals surface area contributed by atoms with E-state index in [9.17, 15) is 9.50 Å². The summed E-state index contributed by atoms with van der Waals surface area (Å²) in [6.07, 6.45) is 4.48. The van der Waals surface area contributed by atoms with Crippen LogP contribution in [-0.4, -0.2) is 10.1 Å². The Morgan fingerprint density at radius 3 is 2.95 bits per heavy atom. The van der Waals surface area contributed by atoms with E-state index in [0.717, 1.165) is 19.3 Å². The summed E-state index contributed by atoms with van der Waals surface area (Å²) in [6.45, 7) is 0. The number of aryl methyl sites for hydroxylation is 1. The number of rotatable bonds is 3. The number of aliphatic hydroxyl groups is 1. The first-order valence-electron chi connectivity index (χ1n) is 7.12. The molecule has 2 unspecified atom stereocenters. The molecular weight excluding hydrogens is 253 g/mol. The van der Waals surface area contributed by atoms with Crippen LogP contribution in [0.3, 0.4) is 0 Å². The summed E-state index contributed by atoms with van der Waals surface area (Å²) in [5.74, 6) is -0.138. The predicted molar refractivity (Wildman–Crippen MR) is 75.9 cm³/mol. The maximum atomic E-state index is 13.7. The number of halogens is 1. The van der Waals surface area contributed by atoms with Crippen LogP contribution in [0.15, 0.2) is 42.6 Å². The molecule has 0 fully saturated rings. The SMILES string of the molecule is OC(CC1CCCc2ccccc21)c1ncccc1F. The Labute approximate surface area is 118 Å². The van der Waals surface area contributed by atoms with Gasteiger partial charge in [-0.1, -0.05) is 24.3 Å². The molecule has 0 saturated heterocycles. The maximum absolute atomic E-state index is 13.7. The fourth-order valence-corrected chi connectivity index (χ4v) is 3.12. The highest BCUT2D eigenvalue weighted by molar-refractivity contribution is 5.32. The van der Waals surface area contributed by atoms with Gasteiger partial charge in [0.15, 0.2) is 0 Å². The first-order valence-corrected chi connectivity index (χ1v) is 7.12. The van der Waals surface area contributed by atoms with Crippen molar-refractivity contribution < 1.29 is 9.50 Å². The Morgan fingerprint density at radius 2 is 2.10 bits per heavy atom. The van der Waals surface area contributed by atoms with Gasteiger partial charge in [0.1, 0.15) is 11.5 Å². The highest BCUT2D eigenvalue weighted by atomic mass is 19.1. The third-order valence-electron chi connectivity index (χ3n) is 4.10. The predicted octanol–water partition coefficient (Wildman–Crippen LogP) is 3.76. The highest BCUT2D eigenvalue weighted by Gasteiger charge is 2.24. The Morgan fingerprint density at radius 1 is 1.25 bits per heavy atom. The van der Waals surface area contributed by atoms with Crippen LogP contribution in [0.5, 0.6) is 0 Å². The maximum Gasteiger partial charge on any atom is 0.147 e. The van der Waals surface area contributed by atoms with Gasteiger partial charge < -0.3 is 5.11 Å². The standard InChI is InChI=1S/C17H18FNO/c18-15-9-4-10-19-17(15)16(20)11-13-7-3-6-12-5-1-2-8-14(12)13/h1-2,4-5,8-10,13,16,20H,3,6-7,11H2. The quantitative estimate of drug-likeness (QED) is 0.922. The van der Waals surface area contributed by atoms with E-state index < -0.39 is 11.9 Å². The van der Waals surface area contributed by atoms with Crippen LogP contribution in [-0.2, 0) is 6.42 Å². The molecule has 0 radical (unpaired) electrons. The lowest BCUT2D eigenvalue weighted by atomic mass is 9.79. The van der Waals surface area contributed by atoms with Gasteiger partial charge in [-0.3, -0.25) is 4.98 Å². The van der Waals surface area contributed by atoms with Gasteiger partial charge in [0.2, 0.25) is 0 Å². The topological polar surface area (TPSA) is 33.1 Å². The number of hydrogen-bond acceptors (Lipinski definition) is 2. The first-order chi connectivity index (χ1) is 9.75. The van der Waals surface area contributed by atoms with Crippen LogP contribution in [0.4, 0.5) is 4.39 Å². The van der Waals surface area contributed by atoms with Crippen molar-refractivity contribution in [2.45, 2.75) is 37.7 Å². The lowest BCUT2D eigenvalue weighted by Gasteiger charge is -2.27. The van der Waals surface area contributed by atoms with Gasteiger partial charge in [0, 0.05) is 6.20 Å². The molecule has 3 heteroatoms. The summed E-state index contributed by atoms with van der Waals surface area (Å²) in [5, 5.41) is 10.3. The fourth-order valence-electron chi connectivity index (χ4n) is 3.12. The second kappa shape index (κ2) is 5.71. The van der Waals surface area contributed by atoms with Gasteiger partial charge >= 0.3 is 0 Å². The molecule has 2 nitrogen and oxygen atoms in total. The second-order valence-electron chi connectivity index (χ2n) is 5.41. The van der Waals surface area contributed by atoms with E-state index in [1.54, 1.807) is 6.07 Å². The van der Waals surface area contributed by atoms with E-state index in [1.807, 2.05) is 6.07 Å². The molecule has 0 amide bonds. The lowest BCUT2D eigenvalue weighted by Crippen LogP contribution is -2.14. The Bertz CT molecular complexity index is 599. The molecule has 1 aromatic carbocycles. The monoisotopic (exact) mass is 271 g/mol. The number of pyridine rings is 1. The smallest absolute Gasteiger partial charge is 0.147 e.